The smallest absolute Gasteiger partial charge is 0.257 e. The molecular weight excluding hydrogens is 294 g/mol. The van der Waals surface area contributed by atoms with Crippen LogP contribution in [0.2, 0.25) is 0 Å². The van der Waals surface area contributed by atoms with Gasteiger partial charge in [0.2, 0.25) is 5.71 Å². The van der Waals surface area contributed by atoms with Crippen LogP contribution in [0.4, 0.5) is 0 Å². The number of nitrogens with two attached hydrogens (primary N) is 2. The molecule has 0 spiro atoms. The highest BCUT2D eigenvalue weighted by Crippen LogP contribution is 2.02. The van der Waals surface area contributed by atoms with Crippen LogP contribution in [0, 0.1) is 0 Å². The van der Waals surface area contributed by atoms with Gasteiger partial charge in [-0.15, -0.1) is 0 Å². The summed E-state index contributed by atoms with van der Waals surface area (Å²) < 4.78 is 0. The van der Waals surface area contributed by atoms with Crippen LogP contribution in [0.25, 0.3) is 0 Å². The zero-order chi connectivity index (χ0) is 16.7. The number of primary amides is 1. The Bertz CT molecular complexity index is 742. The Morgan fingerprint density at radius 2 is 2.04 bits per heavy atom. The predicted molar refractivity (Wildman–Crippen MR) is 82.4 cm³/mol. The molecule has 0 unspecified atom stereocenters. The van der Waals surface area contributed by atoms with Crippen LogP contribution in [0.3, 0.4) is 0 Å². The third kappa shape index (κ3) is 4.57. The number of H-pyrrole nitrogens is 1. The molecule has 116 valence electrons. The van der Waals surface area contributed by atoms with Crippen LogP contribution in [-0.4, -0.2) is 22.5 Å². The fourth-order valence-corrected chi connectivity index (χ4v) is 1.85. The van der Waals surface area contributed by atoms with Crippen LogP contribution in [0.1, 0.15) is 11.1 Å². The molecule has 0 saturated heterocycles. The number of carbonyl (C=O) groups excluding carboxylic acids is 2. The summed E-state index contributed by atoms with van der Waals surface area (Å²) in [4.78, 5) is 30.5. The molecule has 2 rings (SSSR count). The monoisotopic (exact) mass is 311 g/mol. The molecule has 0 aromatic carbocycles. The molecule has 0 radical (unpaired) electrons. The maximum atomic E-state index is 12.1. The van der Waals surface area contributed by atoms with Crippen LogP contribution >= 0.6 is 0 Å². The van der Waals surface area contributed by atoms with E-state index in [-0.39, 0.29) is 17.8 Å². The lowest BCUT2D eigenvalue weighted by Crippen LogP contribution is -2.41. The second-order valence-electron chi connectivity index (χ2n) is 4.71. The molecule has 0 saturated carbocycles. The molecule has 2 aromatic rings. The van der Waals surface area contributed by atoms with E-state index in [1.54, 1.807) is 43.0 Å². The fraction of sp³-hybridized carbons (Fsp3) is 0.0625. The first-order valence-electron chi connectivity index (χ1n) is 6.85. The molecule has 2 amide bonds. The molecule has 0 atom stereocenters. The zero-order valence-corrected chi connectivity index (χ0v) is 12.3. The van der Waals surface area contributed by atoms with Gasteiger partial charge >= 0.3 is 0 Å². The second kappa shape index (κ2) is 7.60. The predicted octanol–water partition coefficient (Wildman–Crippen LogP) is -1.83. The van der Waals surface area contributed by atoms with Crippen molar-refractivity contribution < 1.29 is 20.0 Å². The van der Waals surface area contributed by atoms with E-state index in [2.05, 4.69) is 15.3 Å². The maximum Gasteiger partial charge on any atom is 0.257 e. The van der Waals surface area contributed by atoms with Gasteiger partial charge in [-0.05, 0) is 11.6 Å². The van der Waals surface area contributed by atoms with Gasteiger partial charge in [0.15, 0.2) is 12.4 Å². The molecule has 6 N–H and O–H groups in total. The molecule has 7 heteroatoms. The number of rotatable bonds is 6. The lowest BCUT2D eigenvalue weighted by molar-refractivity contribution is -0.378. The summed E-state index contributed by atoms with van der Waals surface area (Å²) >= 11 is 0. The summed E-state index contributed by atoms with van der Waals surface area (Å²) in [5.41, 5.74) is 6.81. The Balaban J connectivity index is 2.11. The molecule has 7 nitrogen and oxygen atoms in total. The number of aromatic nitrogens is 2. The van der Waals surface area contributed by atoms with Crippen LogP contribution in [0.15, 0.2) is 60.7 Å². The first kappa shape index (κ1) is 16.0. The highest BCUT2D eigenvalue weighted by Gasteiger charge is 2.18. The summed E-state index contributed by atoms with van der Waals surface area (Å²) in [5.74, 6) is -1.44. The highest BCUT2D eigenvalue weighted by atomic mass is 16.2. The Morgan fingerprint density at radius 1 is 1.30 bits per heavy atom. The minimum atomic E-state index is -0.848. The van der Waals surface area contributed by atoms with E-state index in [0.717, 1.165) is 5.56 Å². The lowest BCUT2D eigenvalue weighted by atomic mass is 10.1. The summed E-state index contributed by atoms with van der Waals surface area (Å²) in [6.07, 6.45) is 7.89. The van der Waals surface area contributed by atoms with Crippen LogP contribution in [0.5, 0.6) is 0 Å². The standard InChI is InChI=1S/C16H15N5O2/c17-14(12-3-6-19-7-4-12)8-13(15(18)22)16(23)21-10-11-2-1-5-20-9-11/h1-9,17H,10H2,(H2,18,22)(H,21,23)/p+2. The average molecular weight is 311 g/mol. The van der Waals surface area contributed by atoms with Crippen molar-refractivity contribution in [3.05, 3.63) is 71.8 Å². The number of aromatic amines is 1. The van der Waals surface area contributed by atoms with Crippen molar-refractivity contribution in [1.29, 1.82) is 0 Å². The summed E-state index contributed by atoms with van der Waals surface area (Å²) in [5, 5.41) is 8.52. The normalized spacial score (nSPS) is 10.9. The van der Waals surface area contributed by atoms with Crippen molar-refractivity contribution in [1.82, 2.24) is 10.3 Å². The molecule has 2 heterocycles. The van der Waals surface area contributed by atoms with Gasteiger partial charge in [-0.3, -0.25) is 20.0 Å². The largest absolute Gasteiger partial charge is 0.365 e. The Morgan fingerprint density at radius 3 is 2.65 bits per heavy atom. The van der Waals surface area contributed by atoms with E-state index < -0.39 is 11.8 Å². The van der Waals surface area contributed by atoms with Crippen molar-refractivity contribution in [3.8, 4) is 0 Å². The van der Waals surface area contributed by atoms with Gasteiger partial charge in [0.1, 0.15) is 5.57 Å². The van der Waals surface area contributed by atoms with Crippen molar-refractivity contribution in [2.75, 3.05) is 0 Å². The van der Waals surface area contributed by atoms with Gasteiger partial charge in [-0.2, -0.15) is 0 Å². The molecule has 0 aliphatic heterocycles. The number of hydrogen-bond acceptors (Lipinski definition) is 3. The number of allylic oxidation sites excluding steroid dienone is 1. The average Bonchev–Trinajstić information content (AvgIpc) is 2.58. The van der Waals surface area contributed by atoms with Gasteiger partial charge in [-0.1, -0.05) is 6.07 Å². The van der Waals surface area contributed by atoms with E-state index in [0.29, 0.717) is 5.56 Å². The van der Waals surface area contributed by atoms with E-state index in [1.165, 1.54) is 6.08 Å². The fourth-order valence-electron chi connectivity index (χ4n) is 1.85. The van der Waals surface area contributed by atoms with E-state index in [9.17, 15) is 9.59 Å². The molecule has 0 bridgehead atoms. The van der Waals surface area contributed by atoms with Crippen molar-refractivity contribution in [2.45, 2.75) is 6.54 Å². The van der Waals surface area contributed by atoms with Gasteiger partial charge in [0.05, 0.1) is 5.56 Å². The SMILES string of the molecule is NC(=O)C(=CC(=[NH2+])c1cc[nH+]cc1)C(=O)NCc1cccnc1. The number of hydrogen-bond donors (Lipinski definition) is 3. The van der Waals surface area contributed by atoms with Gasteiger partial charge in [0, 0.05) is 37.1 Å². The molecule has 0 fully saturated rings. The molecular formula is C16H17N5O2+2. The van der Waals surface area contributed by atoms with E-state index in [4.69, 9.17) is 11.1 Å². The summed E-state index contributed by atoms with van der Waals surface area (Å²) in [6, 6.07) is 7.00. The van der Waals surface area contributed by atoms with Gasteiger partial charge in [0.25, 0.3) is 11.8 Å². The first-order valence-corrected chi connectivity index (χ1v) is 6.85. The quantitative estimate of drug-likeness (QED) is 0.251. The maximum absolute atomic E-state index is 12.1. The van der Waals surface area contributed by atoms with Gasteiger partial charge < -0.3 is 11.1 Å². The van der Waals surface area contributed by atoms with E-state index in [1.807, 2.05) is 6.07 Å². The third-order valence-electron chi connectivity index (χ3n) is 3.04. The minimum Gasteiger partial charge on any atom is -0.365 e. The zero-order valence-electron chi connectivity index (χ0n) is 12.3. The number of carbonyl (C=O) groups is 2. The number of nitrogens with zero attached hydrogens (tertiary/aromatic N) is 1. The van der Waals surface area contributed by atoms with Crippen molar-refractivity contribution >= 4 is 17.5 Å². The number of nitrogens with one attached hydrogen (secondary N) is 2. The molecule has 2 aromatic heterocycles. The second-order valence-corrected chi connectivity index (χ2v) is 4.71. The third-order valence-corrected chi connectivity index (χ3v) is 3.04. The van der Waals surface area contributed by atoms with Gasteiger partial charge in [-0.25, -0.2) is 4.98 Å². The summed E-state index contributed by atoms with van der Waals surface area (Å²) in [6.45, 7) is 0.234. The van der Waals surface area contributed by atoms with Crippen LogP contribution < -0.4 is 21.4 Å². The highest BCUT2D eigenvalue weighted by molar-refractivity contribution is 6.22. The molecule has 23 heavy (non-hydrogen) atoms. The van der Waals surface area contributed by atoms with Crippen molar-refractivity contribution in [3.63, 3.8) is 0 Å². The topological polar surface area (TPSA) is 125 Å². The Kier molecular flexibility index (Phi) is 5.30. The van der Waals surface area contributed by atoms with E-state index >= 15 is 0 Å². The number of pyridine rings is 2. The first-order chi connectivity index (χ1) is 11.1. The minimum absolute atomic E-state index is 0.209. The number of amides is 2. The van der Waals surface area contributed by atoms with Crippen LogP contribution in [-0.2, 0) is 16.1 Å². The van der Waals surface area contributed by atoms with Crippen molar-refractivity contribution in [2.24, 2.45) is 5.73 Å². The Labute approximate surface area is 132 Å². The summed E-state index contributed by atoms with van der Waals surface area (Å²) in [7, 11) is 0. The Hall–Kier alpha value is -3.35. The molecule has 0 aliphatic rings. The lowest BCUT2D eigenvalue weighted by Gasteiger charge is -2.06. The molecule has 0 aliphatic carbocycles.